The molecule has 0 fully saturated rings. The van der Waals surface area contributed by atoms with E-state index in [1.165, 1.54) is 0 Å². The molecule has 0 rings (SSSR count). The van der Waals surface area contributed by atoms with Gasteiger partial charge in [-0.05, 0) is 11.8 Å². The highest BCUT2D eigenvalue weighted by molar-refractivity contribution is 5.93. The highest BCUT2D eigenvalue weighted by Gasteiger charge is 2.17. The van der Waals surface area contributed by atoms with Crippen LogP contribution in [0.2, 0.25) is 0 Å². The zero-order valence-corrected chi connectivity index (χ0v) is 8.92. The van der Waals surface area contributed by atoms with Crippen molar-refractivity contribution < 1.29 is 4.79 Å². The standard InChI is InChI=1S/C11H19NO/c1-6-7-10(11(13)12-5)9(4)8(2)3/h6-9H,1H2,2-5H3,(H,12,13)/b10-7+. The number of carbonyl (C=O) groups excluding carboxylic acids is 1. The predicted octanol–water partition coefficient (Wildman–Crippen LogP) is 2.14. The van der Waals surface area contributed by atoms with Crippen LogP contribution in [0.5, 0.6) is 0 Å². The molecule has 0 saturated heterocycles. The van der Waals surface area contributed by atoms with E-state index in [0.29, 0.717) is 5.92 Å². The minimum absolute atomic E-state index is 0.0129. The molecule has 0 spiro atoms. The van der Waals surface area contributed by atoms with Gasteiger partial charge in [-0.25, -0.2) is 0 Å². The molecule has 0 radical (unpaired) electrons. The van der Waals surface area contributed by atoms with Crippen LogP contribution in [0, 0.1) is 11.8 Å². The first-order chi connectivity index (χ1) is 6.04. The number of hydrogen-bond donors (Lipinski definition) is 1. The van der Waals surface area contributed by atoms with E-state index in [4.69, 9.17) is 0 Å². The summed E-state index contributed by atoms with van der Waals surface area (Å²) in [6, 6.07) is 0. The Labute approximate surface area is 80.7 Å². The lowest BCUT2D eigenvalue weighted by molar-refractivity contribution is -0.117. The summed E-state index contributed by atoms with van der Waals surface area (Å²) in [7, 11) is 1.65. The fourth-order valence-electron chi connectivity index (χ4n) is 1.06. The summed E-state index contributed by atoms with van der Waals surface area (Å²) in [4.78, 5) is 11.4. The van der Waals surface area contributed by atoms with E-state index < -0.39 is 0 Å². The van der Waals surface area contributed by atoms with E-state index >= 15 is 0 Å². The summed E-state index contributed by atoms with van der Waals surface area (Å²) >= 11 is 0. The molecule has 0 aliphatic rings. The molecule has 0 saturated carbocycles. The highest BCUT2D eigenvalue weighted by Crippen LogP contribution is 2.19. The molecule has 0 aromatic rings. The van der Waals surface area contributed by atoms with Crippen molar-refractivity contribution in [2.45, 2.75) is 20.8 Å². The Kier molecular flexibility index (Phi) is 5.12. The van der Waals surface area contributed by atoms with Gasteiger partial charge in [0.05, 0.1) is 0 Å². The van der Waals surface area contributed by atoms with E-state index in [0.717, 1.165) is 5.57 Å². The molecule has 13 heavy (non-hydrogen) atoms. The number of rotatable bonds is 4. The molecule has 1 unspecified atom stereocenters. The van der Waals surface area contributed by atoms with E-state index in [9.17, 15) is 4.79 Å². The number of allylic oxidation sites excluding steroid dienone is 2. The van der Waals surface area contributed by atoms with Crippen LogP contribution in [0.15, 0.2) is 24.3 Å². The lowest BCUT2D eigenvalue weighted by Crippen LogP contribution is -2.25. The largest absolute Gasteiger partial charge is 0.355 e. The Morgan fingerprint density at radius 2 is 1.92 bits per heavy atom. The van der Waals surface area contributed by atoms with Gasteiger partial charge in [-0.1, -0.05) is 39.5 Å². The molecule has 74 valence electrons. The van der Waals surface area contributed by atoms with Gasteiger partial charge in [0.25, 0.3) is 0 Å². The molecule has 0 heterocycles. The van der Waals surface area contributed by atoms with Gasteiger partial charge >= 0.3 is 0 Å². The third-order valence-electron chi connectivity index (χ3n) is 2.28. The van der Waals surface area contributed by atoms with Crippen molar-refractivity contribution in [3.8, 4) is 0 Å². The second kappa shape index (κ2) is 5.57. The fraction of sp³-hybridized carbons (Fsp3) is 0.545. The van der Waals surface area contributed by atoms with Gasteiger partial charge in [0.15, 0.2) is 0 Å². The first-order valence-corrected chi connectivity index (χ1v) is 4.59. The molecule has 0 aliphatic carbocycles. The van der Waals surface area contributed by atoms with Crippen molar-refractivity contribution in [2.75, 3.05) is 7.05 Å². The molecule has 1 N–H and O–H groups in total. The second-order valence-electron chi connectivity index (χ2n) is 3.47. The Balaban J connectivity index is 4.71. The summed E-state index contributed by atoms with van der Waals surface area (Å²) in [5.41, 5.74) is 0.799. The Bertz CT molecular complexity index is 216. The van der Waals surface area contributed by atoms with Gasteiger partial charge in [-0.3, -0.25) is 4.79 Å². The van der Waals surface area contributed by atoms with Gasteiger partial charge < -0.3 is 5.32 Å². The van der Waals surface area contributed by atoms with Crippen molar-refractivity contribution in [3.63, 3.8) is 0 Å². The average Bonchev–Trinajstić information content (AvgIpc) is 2.11. The maximum absolute atomic E-state index is 11.4. The monoisotopic (exact) mass is 181 g/mol. The number of hydrogen-bond acceptors (Lipinski definition) is 1. The summed E-state index contributed by atoms with van der Waals surface area (Å²) in [5, 5.41) is 2.63. The van der Waals surface area contributed by atoms with Crippen LogP contribution in [-0.2, 0) is 4.79 Å². The normalized spacial score (nSPS) is 14.1. The van der Waals surface area contributed by atoms with Crippen LogP contribution in [0.3, 0.4) is 0 Å². The Hall–Kier alpha value is -1.05. The first-order valence-electron chi connectivity index (χ1n) is 4.59. The van der Waals surface area contributed by atoms with Gasteiger partial charge in [0.2, 0.25) is 5.91 Å². The molecular formula is C11H19NO. The predicted molar refractivity (Wildman–Crippen MR) is 56.3 cm³/mol. The molecule has 0 aliphatic heterocycles. The highest BCUT2D eigenvalue weighted by atomic mass is 16.1. The van der Waals surface area contributed by atoms with E-state index in [1.807, 2.05) is 0 Å². The van der Waals surface area contributed by atoms with Gasteiger partial charge in [0.1, 0.15) is 0 Å². The average molecular weight is 181 g/mol. The lowest BCUT2D eigenvalue weighted by Gasteiger charge is -2.17. The van der Waals surface area contributed by atoms with Crippen LogP contribution < -0.4 is 5.32 Å². The van der Waals surface area contributed by atoms with Crippen LogP contribution in [-0.4, -0.2) is 13.0 Å². The maximum atomic E-state index is 11.4. The number of carbonyl (C=O) groups is 1. The van der Waals surface area contributed by atoms with Gasteiger partial charge in [-0.15, -0.1) is 0 Å². The SMILES string of the molecule is C=C/C=C(/C(=O)NC)C(C)C(C)C. The zero-order chi connectivity index (χ0) is 10.4. The van der Waals surface area contributed by atoms with Gasteiger partial charge in [-0.2, -0.15) is 0 Å². The third kappa shape index (κ3) is 3.45. The summed E-state index contributed by atoms with van der Waals surface area (Å²) in [6.07, 6.45) is 3.44. The van der Waals surface area contributed by atoms with Gasteiger partial charge in [0, 0.05) is 12.6 Å². The molecule has 0 aromatic heterocycles. The van der Waals surface area contributed by atoms with Crippen molar-refractivity contribution in [1.29, 1.82) is 0 Å². The second-order valence-corrected chi connectivity index (χ2v) is 3.47. The molecular weight excluding hydrogens is 162 g/mol. The number of likely N-dealkylation sites (N-methyl/N-ethyl adjacent to an activating group) is 1. The number of amides is 1. The van der Waals surface area contributed by atoms with Crippen molar-refractivity contribution in [2.24, 2.45) is 11.8 Å². The fourth-order valence-corrected chi connectivity index (χ4v) is 1.06. The van der Waals surface area contributed by atoms with E-state index in [2.05, 4.69) is 32.7 Å². The number of nitrogens with one attached hydrogen (secondary N) is 1. The van der Waals surface area contributed by atoms with E-state index in [-0.39, 0.29) is 11.8 Å². The smallest absolute Gasteiger partial charge is 0.247 e. The van der Waals surface area contributed by atoms with E-state index in [1.54, 1.807) is 19.2 Å². The van der Waals surface area contributed by atoms with Crippen molar-refractivity contribution >= 4 is 5.91 Å². The molecule has 1 atom stereocenters. The third-order valence-corrected chi connectivity index (χ3v) is 2.28. The molecule has 2 heteroatoms. The van der Waals surface area contributed by atoms with Crippen LogP contribution >= 0.6 is 0 Å². The quantitative estimate of drug-likeness (QED) is 0.522. The molecule has 0 aromatic carbocycles. The van der Waals surface area contributed by atoms with Crippen molar-refractivity contribution in [3.05, 3.63) is 24.3 Å². The summed E-state index contributed by atoms with van der Waals surface area (Å²) in [5.74, 6) is 0.711. The van der Waals surface area contributed by atoms with Crippen LogP contribution in [0.25, 0.3) is 0 Å². The first kappa shape index (κ1) is 11.9. The zero-order valence-electron chi connectivity index (χ0n) is 8.92. The molecule has 2 nitrogen and oxygen atoms in total. The van der Waals surface area contributed by atoms with Crippen molar-refractivity contribution in [1.82, 2.24) is 5.32 Å². The maximum Gasteiger partial charge on any atom is 0.247 e. The topological polar surface area (TPSA) is 29.1 Å². The molecule has 1 amide bonds. The summed E-state index contributed by atoms with van der Waals surface area (Å²) in [6.45, 7) is 9.86. The Morgan fingerprint density at radius 1 is 1.38 bits per heavy atom. The lowest BCUT2D eigenvalue weighted by atomic mass is 9.89. The van der Waals surface area contributed by atoms with Crippen LogP contribution in [0.4, 0.5) is 0 Å². The van der Waals surface area contributed by atoms with Crippen LogP contribution in [0.1, 0.15) is 20.8 Å². The minimum Gasteiger partial charge on any atom is -0.355 e. The minimum atomic E-state index is -0.0129. The summed E-state index contributed by atoms with van der Waals surface area (Å²) < 4.78 is 0. The Morgan fingerprint density at radius 3 is 2.23 bits per heavy atom. The molecule has 0 bridgehead atoms.